The predicted octanol–water partition coefficient (Wildman–Crippen LogP) is 3.47. The molecule has 8 heteroatoms. The molecule has 0 spiro atoms. The maximum absolute atomic E-state index is 12.8. The topological polar surface area (TPSA) is 56.1 Å². The average molecular weight is 361 g/mol. The van der Waals surface area contributed by atoms with E-state index in [-0.39, 0.29) is 11.6 Å². The lowest BCUT2D eigenvalue weighted by Gasteiger charge is -2.38. The zero-order valence-corrected chi connectivity index (χ0v) is 14.2. The van der Waals surface area contributed by atoms with Crippen molar-refractivity contribution < 1.29 is 13.2 Å². The van der Waals surface area contributed by atoms with Crippen molar-refractivity contribution in [2.45, 2.75) is 25.1 Å². The van der Waals surface area contributed by atoms with Crippen molar-refractivity contribution in [1.82, 2.24) is 9.97 Å². The van der Waals surface area contributed by atoms with Gasteiger partial charge in [0.25, 0.3) is 0 Å². The Hall–Kier alpha value is -2.82. The van der Waals surface area contributed by atoms with Crippen LogP contribution in [0.25, 0.3) is 0 Å². The summed E-state index contributed by atoms with van der Waals surface area (Å²) in [5.74, 6) is 0.839. The molecule has 0 amide bonds. The van der Waals surface area contributed by atoms with Crippen LogP contribution in [0, 0.1) is 11.3 Å². The van der Waals surface area contributed by atoms with Crippen molar-refractivity contribution in [3.05, 3.63) is 47.9 Å². The van der Waals surface area contributed by atoms with E-state index < -0.39 is 11.7 Å². The number of rotatable bonds is 3. The minimum atomic E-state index is -4.45. The fourth-order valence-corrected chi connectivity index (χ4v) is 3.25. The predicted molar refractivity (Wildman–Crippen MR) is 91.8 cm³/mol. The summed E-state index contributed by atoms with van der Waals surface area (Å²) >= 11 is 0. The number of nitriles is 1. The molecule has 0 aliphatic carbocycles. The summed E-state index contributed by atoms with van der Waals surface area (Å²) in [5, 5.41) is 9.26. The van der Waals surface area contributed by atoms with Crippen molar-refractivity contribution in [1.29, 1.82) is 5.26 Å². The first-order chi connectivity index (χ1) is 12.4. The second-order valence-electron chi connectivity index (χ2n) is 6.24. The maximum atomic E-state index is 12.8. The molecule has 0 bridgehead atoms. The first-order valence-electron chi connectivity index (χ1n) is 8.25. The van der Waals surface area contributed by atoms with E-state index in [2.05, 4.69) is 14.9 Å². The molecule has 5 nitrogen and oxygen atoms in total. The molecular formula is C18H18F3N5. The van der Waals surface area contributed by atoms with Crippen LogP contribution in [0.5, 0.6) is 0 Å². The zero-order valence-electron chi connectivity index (χ0n) is 14.2. The second-order valence-corrected chi connectivity index (χ2v) is 6.24. The summed E-state index contributed by atoms with van der Waals surface area (Å²) in [4.78, 5) is 12.2. The number of aromatic nitrogens is 2. The largest absolute Gasteiger partial charge is 0.416 e. The lowest BCUT2D eigenvalue weighted by Crippen LogP contribution is -2.44. The Balaban J connectivity index is 1.71. The normalized spacial score (nSPS) is 15.6. The van der Waals surface area contributed by atoms with Gasteiger partial charge in [-0.3, -0.25) is 0 Å². The van der Waals surface area contributed by atoms with Crippen LogP contribution in [0.1, 0.15) is 24.0 Å². The van der Waals surface area contributed by atoms with Gasteiger partial charge in [-0.2, -0.15) is 18.4 Å². The molecule has 0 saturated carbocycles. The molecule has 26 heavy (non-hydrogen) atoms. The number of anilines is 2. The Kier molecular flexibility index (Phi) is 4.98. The Morgan fingerprint density at radius 3 is 2.54 bits per heavy atom. The summed E-state index contributed by atoms with van der Waals surface area (Å²) in [6.45, 7) is 1.33. The number of piperidine rings is 1. The zero-order chi connectivity index (χ0) is 18.7. The van der Waals surface area contributed by atoms with E-state index in [1.807, 2.05) is 24.1 Å². The molecule has 136 valence electrons. The third-order valence-corrected chi connectivity index (χ3v) is 4.72. The number of alkyl halides is 3. The van der Waals surface area contributed by atoms with Crippen LogP contribution >= 0.6 is 0 Å². The lowest BCUT2D eigenvalue weighted by atomic mass is 10.0. The fourth-order valence-electron chi connectivity index (χ4n) is 3.25. The van der Waals surface area contributed by atoms with Crippen LogP contribution in [0.2, 0.25) is 0 Å². The Morgan fingerprint density at radius 1 is 1.23 bits per heavy atom. The molecule has 1 aromatic carbocycles. The van der Waals surface area contributed by atoms with Gasteiger partial charge in [0.05, 0.1) is 16.8 Å². The maximum Gasteiger partial charge on any atom is 0.416 e. The summed E-state index contributed by atoms with van der Waals surface area (Å²) < 4.78 is 38.5. The molecule has 1 fully saturated rings. The summed E-state index contributed by atoms with van der Waals surface area (Å²) in [6, 6.07) is 7.38. The highest BCUT2D eigenvalue weighted by molar-refractivity contribution is 5.61. The summed E-state index contributed by atoms with van der Waals surface area (Å²) in [5.41, 5.74) is -0.178. The van der Waals surface area contributed by atoms with Gasteiger partial charge in [-0.05, 0) is 37.1 Å². The van der Waals surface area contributed by atoms with E-state index in [9.17, 15) is 18.4 Å². The summed E-state index contributed by atoms with van der Waals surface area (Å²) in [7, 11) is 1.97. The van der Waals surface area contributed by atoms with Crippen molar-refractivity contribution in [2.75, 3.05) is 29.9 Å². The van der Waals surface area contributed by atoms with E-state index >= 15 is 0 Å². The van der Waals surface area contributed by atoms with Gasteiger partial charge in [-0.1, -0.05) is 0 Å². The number of benzene rings is 1. The van der Waals surface area contributed by atoms with Crippen LogP contribution < -0.4 is 9.80 Å². The number of halogens is 3. The van der Waals surface area contributed by atoms with Gasteiger partial charge in [0.15, 0.2) is 0 Å². The minimum absolute atomic E-state index is 0.0578. The molecular weight excluding hydrogens is 343 g/mol. The monoisotopic (exact) mass is 361 g/mol. The minimum Gasteiger partial charge on any atom is -0.370 e. The highest BCUT2D eigenvalue weighted by Crippen LogP contribution is 2.33. The number of nitrogens with zero attached hydrogens (tertiary/aromatic N) is 5. The number of hydrogen-bond acceptors (Lipinski definition) is 5. The van der Waals surface area contributed by atoms with E-state index in [0.717, 1.165) is 30.8 Å². The van der Waals surface area contributed by atoms with E-state index in [4.69, 9.17) is 0 Å². The van der Waals surface area contributed by atoms with Crippen LogP contribution in [-0.2, 0) is 6.18 Å². The van der Waals surface area contributed by atoms with Crippen molar-refractivity contribution in [2.24, 2.45) is 0 Å². The van der Waals surface area contributed by atoms with Crippen molar-refractivity contribution >= 4 is 11.5 Å². The third-order valence-electron chi connectivity index (χ3n) is 4.72. The molecule has 0 unspecified atom stereocenters. The molecule has 2 heterocycles. The molecule has 1 saturated heterocycles. The first-order valence-corrected chi connectivity index (χ1v) is 8.25. The Labute approximate surface area is 149 Å². The molecule has 2 aromatic rings. The number of hydrogen-bond donors (Lipinski definition) is 0. The van der Waals surface area contributed by atoms with Gasteiger partial charge in [-0.25, -0.2) is 9.97 Å². The van der Waals surface area contributed by atoms with Gasteiger partial charge < -0.3 is 9.80 Å². The van der Waals surface area contributed by atoms with E-state index in [1.165, 1.54) is 12.4 Å². The van der Waals surface area contributed by atoms with Crippen molar-refractivity contribution in [3.63, 3.8) is 0 Å². The van der Waals surface area contributed by atoms with Crippen LogP contribution in [0.4, 0.5) is 24.7 Å². The van der Waals surface area contributed by atoms with Crippen LogP contribution in [0.15, 0.2) is 36.8 Å². The van der Waals surface area contributed by atoms with E-state index in [1.54, 1.807) is 6.20 Å². The Morgan fingerprint density at radius 2 is 1.96 bits per heavy atom. The van der Waals surface area contributed by atoms with Gasteiger partial charge >= 0.3 is 6.18 Å². The van der Waals surface area contributed by atoms with Gasteiger partial charge in [0.1, 0.15) is 18.2 Å². The molecule has 0 N–H and O–H groups in total. The van der Waals surface area contributed by atoms with Crippen molar-refractivity contribution in [3.8, 4) is 6.07 Å². The molecule has 1 aliphatic rings. The molecule has 1 aromatic heterocycles. The highest BCUT2D eigenvalue weighted by atomic mass is 19.4. The third kappa shape index (κ3) is 3.72. The molecule has 3 rings (SSSR count). The fraction of sp³-hybridized carbons (Fsp3) is 0.389. The molecule has 0 atom stereocenters. The van der Waals surface area contributed by atoms with Gasteiger partial charge in [0.2, 0.25) is 0 Å². The summed E-state index contributed by atoms with van der Waals surface area (Å²) in [6.07, 6.45) is 0.397. The molecule has 1 aliphatic heterocycles. The van der Waals surface area contributed by atoms with Gasteiger partial charge in [0, 0.05) is 32.4 Å². The second kappa shape index (κ2) is 7.20. The SMILES string of the molecule is CN(c1ccncn1)C1CCN(c2ccc(C(F)(F)F)cc2C#N)CC1. The quantitative estimate of drug-likeness (QED) is 0.838. The lowest BCUT2D eigenvalue weighted by molar-refractivity contribution is -0.137. The van der Waals surface area contributed by atoms with Crippen LogP contribution in [0.3, 0.4) is 0 Å². The van der Waals surface area contributed by atoms with Gasteiger partial charge in [-0.15, -0.1) is 0 Å². The first kappa shape index (κ1) is 18.0. The Bertz CT molecular complexity index is 793. The highest BCUT2D eigenvalue weighted by Gasteiger charge is 2.32. The van der Waals surface area contributed by atoms with Crippen LogP contribution in [-0.4, -0.2) is 36.1 Å². The standard InChI is InChI=1S/C18H18F3N5/c1-25(17-4-7-23-12-24-17)15-5-8-26(9-6-15)16-3-2-14(18(19,20)21)10-13(16)11-22/h2-4,7,10,12,15H,5-6,8-9H2,1H3. The smallest absolute Gasteiger partial charge is 0.370 e. The average Bonchev–Trinajstić information content (AvgIpc) is 2.67. The van der Waals surface area contributed by atoms with E-state index in [0.29, 0.717) is 18.8 Å². The molecule has 0 radical (unpaired) electrons.